The van der Waals surface area contributed by atoms with Crippen LogP contribution in [0.3, 0.4) is 0 Å². The van der Waals surface area contributed by atoms with Crippen LogP contribution in [0, 0.1) is 0 Å². The van der Waals surface area contributed by atoms with Crippen molar-refractivity contribution < 1.29 is 14.6 Å². The summed E-state index contributed by atoms with van der Waals surface area (Å²) < 4.78 is 5.96. The van der Waals surface area contributed by atoms with Gasteiger partial charge in [-0.25, -0.2) is 10.1 Å². The van der Waals surface area contributed by atoms with E-state index in [1.165, 1.54) is 0 Å². The molecule has 2 aromatic heterocycles. The summed E-state index contributed by atoms with van der Waals surface area (Å²) in [6.45, 7) is 0.344. The number of carboxylic acid groups (broad SMARTS) is 1. The lowest BCUT2D eigenvalue weighted by atomic mass is 9.90. The first-order valence-electron chi connectivity index (χ1n) is 10.2. The fourth-order valence-corrected chi connectivity index (χ4v) is 3.60. The number of hydrogen-bond acceptors (Lipinski definition) is 6. The van der Waals surface area contributed by atoms with Crippen LogP contribution in [0.25, 0.3) is 10.9 Å². The zero-order chi connectivity index (χ0) is 21.5. The third kappa shape index (κ3) is 5.63. The second kappa shape index (κ2) is 9.80. The van der Waals surface area contributed by atoms with Crippen molar-refractivity contribution in [2.75, 3.05) is 0 Å². The molecule has 0 amide bonds. The summed E-state index contributed by atoms with van der Waals surface area (Å²) in [6, 6.07) is 19.6. The van der Waals surface area contributed by atoms with E-state index >= 15 is 0 Å². The molecule has 1 unspecified atom stereocenters. The number of H-pyrrole nitrogens is 1. The minimum absolute atomic E-state index is 0.0599. The molecule has 2 aromatic carbocycles. The fraction of sp³-hybridized carbons (Fsp3) is 0.261. The highest BCUT2D eigenvalue weighted by Gasteiger charge is 2.17. The Kier molecular flexibility index (Phi) is 6.47. The van der Waals surface area contributed by atoms with Crippen LogP contribution in [0.4, 0.5) is 0 Å². The molecule has 4 rings (SSSR count). The van der Waals surface area contributed by atoms with Crippen LogP contribution >= 0.6 is 0 Å². The Bertz CT molecular complexity index is 1150. The molecule has 0 aliphatic rings. The van der Waals surface area contributed by atoms with E-state index in [1.807, 2.05) is 60.7 Å². The summed E-state index contributed by atoms with van der Waals surface area (Å²) in [5, 5.41) is 24.2. The number of ether oxygens (including phenoxy) is 1. The number of fused-ring (bicyclic) bond motifs is 1. The Balaban J connectivity index is 1.41. The molecule has 1 atom stereocenters. The van der Waals surface area contributed by atoms with Crippen LogP contribution in [0.1, 0.15) is 42.3 Å². The van der Waals surface area contributed by atoms with Gasteiger partial charge in [0.05, 0.1) is 17.6 Å². The molecular weight excluding hydrogens is 394 g/mol. The monoisotopic (exact) mass is 417 g/mol. The summed E-state index contributed by atoms with van der Waals surface area (Å²) in [5.74, 6) is 0.463. The number of benzene rings is 2. The molecule has 8 heteroatoms. The SMILES string of the molecule is O=C(O)CC(CCCc1nnn[nH]1)c1cccc(OCc2ccc3ccccc3n2)c1. The van der Waals surface area contributed by atoms with Crippen LogP contribution in [-0.2, 0) is 17.8 Å². The van der Waals surface area contributed by atoms with Crippen molar-refractivity contribution in [3.8, 4) is 5.75 Å². The second-order valence-corrected chi connectivity index (χ2v) is 7.39. The maximum Gasteiger partial charge on any atom is 0.303 e. The number of para-hydroxylation sites is 1. The average Bonchev–Trinajstić information content (AvgIpc) is 3.30. The number of tetrazole rings is 1. The second-order valence-electron chi connectivity index (χ2n) is 7.39. The van der Waals surface area contributed by atoms with Crippen molar-refractivity contribution in [3.05, 3.63) is 77.7 Å². The minimum Gasteiger partial charge on any atom is -0.487 e. The van der Waals surface area contributed by atoms with Gasteiger partial charge in [-0.05, 0) is 59.0 Å². The molecule has 158 valence electrons. The molecule has 2 N–H and O–H groups in total. The number of aromatic nitrogens is 5. The topological polar surface area (TPSA) is 114 Å². The molecule has 0 fully saturated rings. The maximum atomic E-state index is 11.4. The number of aliphatic carboxylic acids is 1. The average molecular weight is 417 g/mol. The van der Waals surface area contributed by atoms with Crippen LogP contribution in [0.5, 0.6) is 5.75 Å². The largest absolute Gasteiger partial charge is 0.487 e. The van der Waals surface area contributed by atoms with E-state index in [4.69, 9.17) is 4.74 Å². The number of carbonyl (C=O) groups is 1. The van der Waals surface area contributed by atoms with E-state index in [2.05, 4.69) is 25.6 Å². The van der Waals surface area contributed by atoms with Gasteiger partial charge in [0.2, 0.25) is 0 Å². The first-order valence-corrected chi connectivity index (χ1v) is 10.2. The molecule has 0 aliphatic carbocycles. The van der Waals surface area contributed by atoms with Gasteiger partial charge in [-0.15, -0.1) is 5.10 Å². The molecule has 0 aliphatic heterocycles. The van der Waals surface area contributed by atoms with Gasteiger partial charge in [-0.3, -0.25) is 4.79 Å². The van der Waals surface area contributed by atoms with Gasteiger partial charge in [-0.1, -0.05) is 36.4 Å². The highest BCUT2D eigenvalue weighted by Crippen LogP contribution is 2.28. The number of pyridine rings is 1. The van der Waals surface area contributed by atoms with Crippen LogP contribution < -0.4 is 4.74 Å². The predicted molar refractivity (Wildman–Crippen MR) is 115 cm³/mol. The highest BCUT2D eigenvalue weighted by atomic mass is 16.5. The Labute approximate surface area is 179 Å². The lowest BCUT2D eigenvalue weighted by molar-refractivity contribution is -0.137. The van der Waals surface area contributed by atoms with Gasteiger partial charge in [-0.2, -0.15) is 0 Å². The van der Waals surface area contributed by atoms with Gasteiger partial charge >= 0.3 is 5.97 Å². The standard InChI is InChI=1S/C23H23N5O3/c29-23(30)14-18(7-4-10-22-25-27-28-26-22)17-6-3-8-20(13-17)31-15-19-12-11-16-5-1-2-9-21(16)24-19/h1-3,5-6,8-9,11-13,18H,4,7,10,14-15H2,(H,29,30)(H,25,26,27,28). The molecule has 31 heavy (non-hydrogen) atoms. The molecule has 0 radical (unpaired) electrons. The highest BCUT2D eigenvalue weighted by molar-refractivity contribution is 5.78. The molecule has 0 saturated carbocycles. The fourth-order valence-electron chi connectivity index (χ4n) is 3.60. The lowest BCUT2D eigenvalue weighted by Crippen LogP contribution is -2.08. The van der Waals surface area contributed by atoms with Gasteiger partial charge < -0.3 is 9.84 Å². The van der Waals surface area contributed by atoms with Gasteiger partial charge in [0, 0.05) is 11.8 Å². The number of carboxylic acids is 1. The molecule has 0 saturated heterocycles. The predicted octanol–water partition coefficient (Wildman–Crippen LogP) is 3.91. The Hall–Kier alpha value is -3.81. The van der Waals surface area contributed by atoms with Crippen molar-refractivity contribution in [3.63, 3.8) is 0 Å². The third-order valence-electron chi connectivity index (χ3n) is 5.15. The molecule has 4 aromatic rings. The van der Waals surface area contributed by atoms with E-state index in [1.54, 1.807) is 0 Å². The number of aryl methyl sites for hydroxylation is 1. The van der Waals surface area contributed by atoms with Gasteiger partial charge in [0.25, 0.3) is 0 Å². The lowest BCUT2D eigenvalue weighted by Gasteiger charge is -2.16. The van der Waals surface area contributed by atoms with E-state index in [0.717, 1.165) is 28.6 Å². The normalized spacial score (nSPS) is 12.0. The van der Waals surface area contributed by atoms with Crippen LogP contribution in [0.2, 0.25) is 0 Å². The minimum atomic E-state index is -0.821. The van der Waals surface area contributed by atoms with Crippen LogP contribution in [0.15, 0.2) is 60.7 Å². The van der Waals surface area contributed by atoms with Crippen molar-refractivity contribution in [2.45, 2.75) is 38.2 Å². The summed E-state index contributed by atoms with van der Waals surface area (Å²) in [4.78, 5) is 16.0. The van der Waals surface area contributed by atoms with Crippen molar-refractivity contribution in [2.24, 2.45) is 0 Å². The number of hydrogen-bond donors (Lipinski definition) is 2. The van der Waals surface area contributed by atoms with E-state index in [0.29, 0.717) is 31.0 Å². The van der Waals surface area contributed by atoms with E-state index < -0.39 is 5.97 Å². The zero-order valence-corrected chi connectivity index (χ0v) is 16.9. The Morgan fingerprint density at radius 3 is 2.84 bits per heavy atom. The van der Waals surface area contributed by atoms with Crippen LogP contribution in [-0.4, -0.2) is 36.7 Å². The third-order valence-corrected chi connectivity index (χ3v) is 5.15. The van der Waals surface area contributed by atoms with Gasteiger partial charge in [0.15, 0.2) is 0 Å². The van der Waals surface area contributed by atoms with Crippen molar-refractivity contribution >= 4 is 16.9 Å². The summed E-state index contributed by atoms with van der Waals surface area (Å²) in [6.07, 6.45) is 2.22. The number of nitrogens with zero attached hydrogens (tertiary/aromatic N) is 4. The zero-order valence-electron chi connectivity index (χ0n) is 16.9. The molecule has 8 nitrogen and oxygen atoms in total. The number of rotatable bonds is 10. The maximum absolute atomic E-state index is 11.4. The Morgan fingerprint density at radius 1 is 1.10 bits per heavy atom. The quantitative estimate of drug-likeness (QED) is 0.402. The first kappa shape index (κ1) is 20.5. The molecule has 2 heterocycles. The summed E-state index contributed by atoms with van der Waals surface area (Å²) in [7, 11) is 0. The first-order chi connectivity index (χ1) is 15.2. The summed E-state index contributed by atoms with van der Waals surface area (Å²) >= 11 is 0. The Morgan fingerprint density at radius 2 is 2.00 bits per heavy atom. The van der Waals surface area contributed by atoms with E-state index in [-0.39, 0.29) is 12.3 Å². The summed E-state index contributed by atoms with van der Waals surface area (Å²) in [5.41, 5.74) is 2.72. The molecule has 0 spiro atoms. The number of nitrogens with one attached hydrogen (secondary N) is 1. The van der Waals surface area contributed by atoms with Crippen molar-refractivity contribution in [1.82, 2.24) is 25.6 Å². The van der Waals surface area contributed by atoms with Gasteiger partial charge in [0.1, 0.15) is 18.2 Å². The molecular formula is C23H23N5O3. The smallest absolute Gasteiger partial charge is 0.303 e. The number of aromatic amines is 1. The van der Waals surface area contributed by atoms with E-state index in [9.17, 15) is 9.90 Å². The molecule has 0 bridgehead atoms. The van der Waals surface area contributed by atoms with Crippen molar-refractivity contribution in [1.29, 1.82) is 0 Å².